The third kappa shape index (κ3) is 5.96. The fourth-order valence-corrected chi connectivity index (χ4v) is 12.8. The molecule has 6 heterocycles. The highest BCUT2D eigenvalue weighted by Crippen LogP contribution is 2.43. The predicted molar refractivity (Wildman–Crippen MR) is 321 cm³/mol. The normalized spacial score (nSPS) is 12.4. The van der Waals surface area contributed by atoms with Crippen LogP contribution in [0.1, 0.15) is 0 Å². The highest BCUT2D eigenvalue weighted by Gasteiger charge is 2.19. The van der Waals surface area contributed by atoms with Crippen molar-refractivity contribution in [3.8, 4) is 44.8 Å². The van der Waals surface area contributed by atoms with Gasteiger partial charge in [0.1, 0.15) is 44.7 Å². The lowest BCUT2D eigenvalue weighted by Crippen LogP contribution is -1.93. The Hall–Kier alpha value is -10.6. The molecule has 0 saturated heterocycles. The maximum absolute atomic E-state index is 6.49. The van der Waals surface area contributed by atoms with Gasteiger partial charge in [-0.1, -0.05) is 109 Å². The minimum Gasteiger partial charge on any atom is -0.456 e. The lowest BCUT2D eigenvalue weighted by Gasteiger charge is -2.08. The zero-order chi connectivity index (χ0) is 50.7. The average molecular weight is 997 g/mol. The molecule has 18 rings (SSSR count). The van der Waals surface area contributed by atoms with Gasteiger partial charge in [0.15, 0.2) is 0 Å². The van der Waals surface area contributed by atoms with Gasteiger partial charge in [-0.3, -0.25) is 0 Å². The predicted octanol–water partition coefficient (Wildman–Crippen LogP) is 20.5. The van der Waals surface area contributed by atoms with E-state index in [1.54, 1.807) is 0 Å². The number of para-hydroxylation sites is 4. The lowest BCUT2D eigenvalue weighted by molar-refractivity contribution is 0.668. The van der Waals surface area contributed by atoms with Crippen LogP contribution in [0.15, 0.2) is 260 Å². The van der Waals surface area contributed by atoms with Crippen LogP contribution in [0, 0.1) is 0 Å². The lowest BCUT2D eigenvalue weighted by atomic mass is 9.98. The van der Waals surface area contributed by atoms with E-state index < -0.39 is 0 Å². The molecule has 78 heavy (non-hydrogen) atoms. The van der Waals surface area contributed by atoms with Gasteiger partial charge in [-0.15, -0.1) is 0 Å². The van der Waals surface area contributed by atoms with Gasteiger partial charge < -0.3 is 26.8 Å². The van der Waals surface area contributed by atoms with Crippen LogP contribution >= 0.6 is 0 Å². The fourth-order valence-electron chi connectivity index (χ4n) is 12.8. The maximum Gasteiger partial charge on any atom is 0.135 e. The largest absolute Gasteiger partial charge is 0.456 e. The molecular weight excluding hydrogens is 957 g/mol. The smallest absolute Gasteiger partial charge is 0.135 e. The van der Waals surface area contributed by atoms with Crippen LogP contribution in [0.4, 0.5) is 0 Å². The van der Waals surface area contributed by atoms with Crippen molar-refractivity contribution in [2.45, 2.75) is 0 Å². The summed E-state index contributed by atoms with van der Waals surface area (Å²) in [6.45, 7) is 0. The summed E-state index contributed by atoms with van der Waals surface area (Å²) in [5.41, 5.74) is 20.4. The molecule has 0 aliphatic rings. The molecule has 0 aliphatic heterocycles. The summed E-state index contributed by atoms with van der Waals surface area (Å²) in [5.74, 6) is 0. The van der Waals surface area contributed by atoms with Crippen LogP contribution in [0.2, 0.25) is 0 Å². The average Bonchev–Trinajstić information content (AvgIpc) is 4.54. The summed E-state index contributed by atoms with van der Waals surface area (Å²) < 4.78 is 30.6. The van der Waals surface area contributed by atoms with Gasteiger partial charge in [-0.05, 0) is 167 Å². The standard InChI is InChI=1S/C72H40N2O4/c1-5-13-61-49(9-1)50-10-2-6-14-62(50)73(61)47-23-31-71-59(39-47)57-37-45(21-29-69(57)77-71)43-19-27-67-55(35-43)53-33-41(17-25-65(53)75-67)42-18-26-66-54(34-42)56-36-44(20-28-68(56)76-66)46-22-30-70-58(38-46)60-40-48(24-32-72(60)78-70)74-63-15-7-3-11-51(63)52-12-4-8-16-64(52)74/h1-40H. The Kier molecular flexibility index (Phi) is 8.30. The highest BCUT2D eigenvalue weighted by atomic mass is 16.3. The third-order valence-electron chi connectivity index (χ3n) is 16.5. The number of nitrogens with zero attached hydrogens (tertiary/aromatic N) is 2. The molecule has 0 saturated carbocycles. The molecule has 362 valence electrons. The first-order valence-corrected chi connectivity index (χ1v) is 26.4. The zero-order valence-electron chi connectivity index (χ0n) is 41.6. The van der Waals surface area contributed by atoms with E-state index in [0.29, 0.717) is 0 Å². The summed E-state index contributed by atoms with van der Waals surface area (Å²) in [5, 5.41) is 13.6. The number of fused-ring (bicyclic) bond motifs is 18. The molecule has 18 aromatic rings. The van der Waals surface area contributed by atoms with E-state index in [-0.39, 0.29) is 0 Å². The number of hydrogen-bond donors (Lipinski definition) is 0. The van der Waals surface area contributed by atoms with E-state index in [2.05, 4.69) is 252 Å². The molecule has 0 N–H and O–H groups in total. The van der Waals surface area contributed by atoms with Crippen LogP contribution in [0.25, 0.3) is 176 Å². The summed E-state index contributed by atoms with van der Waals surface area (Å²) >= 11 is 0. The Morgan fingerprint density at radius 2 is 0.385 bits per heavy atom. The van der Waals surface area contributed by atoms with Crippen molar-refractivity contribution >= 4 is 131 Å². The number of benzene rings is 12. The third-order valence-corrected chi connectivity index (χ3v) is 16.5. The summed E-state index contributed by atoms with van der Waals surface area (Å²) in [7, 11) is 0. The SMILES string of the molecule is c1ccc2c(c1)c1ccccc1n2-c1ccc2oc3ccc(-c4ccc5oc6ccc(-c7ccc8oc9ccc(-c%10ccc%11oc%12ccc(-n%13c%14ccccc%14c%14ccccc%14%13)cc%12c%11c%10)cc9c8c7)cc6c5c4)cc3c2c1. The Morgan fingerprint density at radius 1 is 0.179 bits per heavy atom. The van der Waals surface area contributed by atoms with Crippen LogP contribution in [-0.2, 0) is 0 Å². The topological polar surface area (TPSA) is 62.4 Å². The minimum atomic E-state index is 0.851. The summed E-state index contributed by atoms with van der Waals surface area (Å²) in [6, 6.07) is 86.7. The van der Waals surface area contributed by atoms with E-state index in [1.165, 1.54) is 43.6 Å². The van der Waals surface area contributed by atoms with Gasteiger partial charge in [0, 0.05) is 76.0 Å². The fraction of sp³-hybridized carbons (Fsp3) is 0. The second kappa shape index (κ2) is 15.5. The van der Waals surface area contributed by atoms with E-state index in [9.17, 15) is 0 Å². The molecule has 0 fully saturated rings. The molecule has 0 unspecified atom stereocenters. The Balaban J connectivity index is 0.701. The molecule has 6 nitrogen and oxygen atoms in total. The second-order valence-corrected chi connectivity index (χ2v) is 20.8. The first kappa shape index (κ1) is 41.8. The van der Waals surface area contributed by atoms with Crippen molar-refractivity contribution in [1.29, 1.82) is 0 Å². The van der Waals surface area contributed by atoms with Crippen LogP contribution in [0.5, 0.6) is 0 Å². The summed E-state index contributed by atoms with van der Waals surface area (Å²) in [4.78, 5) is 0. The van der Waals surface area contributed by atoms with Crippen LogP contribution in [-0.4, -0.2) is 9.13 Å². The van der Waals surface area contributed by atoms with Crippen molar-refractivity contribution in [3.05, 3.63) is 243 Å². The number of furan rings is 4. The molecule has 0 radical (unpaired) electrons. The van der Waals surface area contributed by atoms with Crippen molar-refractivity contribution in [2.24, 2.45) is 0 Å². The number of aromatic nitrogens is 2. The Bertz CT molecular complexity index is 5140. The van der Waals surface area contributed by atoms with Crippen LogP contribution < -0.4 is 0 Å². The van der Waals surface area contributed by atoms with Gasteiger partial charge in [-0.2, -0.15) is 0 Å². The van der Waals surface area contributed by atoms with E-state index in [0.717, 1.165) is 133 Å². The van der Waals surface area contributed by atoms with Crippen molar-refractivity contribution in [2.75, 3.05) is 0 Å². The van der Waals surface area contributed by atoms with E-state index >= 15 is 0 Å². The molecular formula is C72H40N2O4. The molecule has 6 aromatic heterocycles. The number of hydrogen-bond acceptors (Lipinski definition) is 4. The van der Waals surface area contributed by atoms with Crippen molar-refractivity contribution in [1.82, 2.24) is 9.13 Å². The molecule has 0 atom stereocenters. The molecule has 0 bridgehead atoms. The van der Waals surface area contributed by atoms with Gasteiger partial charge in [0.2, 0.25) is 0 Å². The Labute approximate surface area is 443 Å². The quantitative estimate of drug-likeness (QED) is 0.172. The molecule has 0 spiro atoms. The maximum atomic E-state index is 6.49. The zero-order valence-corrected chi connectivity index (χ0v) is 41.6. The molecule has 6 heteroatoms. The van der Waals surface area contributed by atoms with Gasteiger partial charge in [0.25, 0.3) is 0 Å². The highest BCUT2D eigenvalue weighted by molar-refractivity contribution is 6.15. The molecule has 0 aliphatic carbocycles. The van der Waals surface area contributed by atoms with E-state index in [4.69, 9.17) is 17.7 Å². The van der Waals surface area contributed by atoms with Gasteiger partial charge in [-0.25, -0.2) is 0 Å². The minimum absolute atomic E-state index is 0.851. The van der Waals surface area contributed by atoms with Gasteiger partial charge >= 0.3 is 0 Å². The van der Waals surface area contributed by atoms with Crippen LogP contribution in [0.3, 0.4) is 0 Å². The van der Waals surface area contributed by atoms with Crippen molar-refractivity contribution < 1.29 is 17.7 Å². The van der Waals surface area contributed by atoms with Crippen molar-refractivity contribution in [3.63, 3.8) is 0 Å². The Morgan fingerprint density at radius 3 is 0.628 bits per heavy atom. The second-order valence-electron chi connectivity index (χ2n) is 20.8. The first-order chi connectivity index (χ1) is 38.6. The molecule has 12 aromatic carbocycles. The first-order valence-electron chi connectivity index (χ1n) is 26.4. The summed E-state index contributed by atoms with van der Waals surface area (Å²) in [6.07, 6.45) is 0. The number of rotatable bonds is 5. The monoisotopic (exact) mass is 996 g/mol. The molecule has 0 amide bonds. The van der Waals surface area contributed by atoms with Gasteiger partial charge in [0.05, 0.1) is 22.1 Å². The van der Waals surface area contributed by atoms with E-state index in [1.807, 2.05) is 0 Å².